The molecule has 6 rings (SSSR count). The minimum atomic E-state index is -1.18. The van der Waals surface area contributed by atoms with E-state index in [0.717, 1.165) is 16.7 Å². The van der Waals surface area contributed by atoms with Gasteiger partial charge in [-0.05, 0) is 28.3 Å². The Morgan fingerprint density at radius 1 is 1.04 bits per heavy atom. The van der Waals surface area contributed by atoms with Gasteiger partial charge in [-0.25, -0.2) is 9.78 Å². The molecule has 0 radical (unpaired) electrons. The number of carbonyl (C=O) groups excluding carboxylic acids is 2. The van der Waals surface area contributed by atoms with Gasteiger partial charge in [0.2, 0.25) is 5.91 Å². The van der Waals surface area contributed by atoms with Crippen LogP contribution in [0.15, 0.2) is 125 Å². The molecule has 1 saturated heterocycles. The number of thiazole rings is 1. The summed E-state index contributed by atoms with van der Waals surface area (Å²) >= 11 is 4.91. The van der Waals surface area contributed by atoms with Crippen LogP contribution in [0.3, 0.4) is 0 Å². The molecule has 2 amide bonds. The van der Waals surface area contributed by atoms with Crippen LogP contribution in [0.4, 0.5) is 5.13 Å². The molecule has 4 aromatic rings. The van der Waals surface area contributed by atoms with Crippen molar-refractivity contribution in [3.63, 3.8) is 0 Å². The van der Waals surface area contributed by atoms with Crippen LogP contribution in [0.5, 0.6) is 0 Å². The largest absolute Gasteiger partial charge is 0.477 e. The molecular weight excluding hydrogens is 761 g/mol. The molecule has 1 aromatic heterocycles. The number of carbonyl (C=O) groups is 3. The molecule has 2 aliphatic heterocycles. The number of halogens is 1. The van der Waals surface area contributed by atoms with Crippen molar-refractivity contribution in [1.29, 1.82) is 0 Å². The van der Waals surface area contributed by atoms with Crippen LogP contribution >= 0.6 is 45.7 Å². The number of allylic oxidation sites excluding steroid dienone is 2. The number of hydrogen-bond donors (Lipinski definition) is 3. The van der Waals surface area contributed by atoms with Gasteiger partial charge in [-0.15, -0.1) is 23.1 Å². The van der Waals surface area contributed by atoms with Crippen LogP contribution in [0.2, 0.25) is 0 Å². The molecule has 0 saturated carbocycles. The minimum Gasteiger partial charge on any atom is -0.477 e. The normalized spacial score (nSPS) is 16.6. The lowest BCUT2D eigenvalue weighted by Crippen LogP contribution is -2.53. The number of thioether (sulfide) groups is 1. The summed E-state index contributed by atoms with van der Waals surface area (Å²) in [5.74, 6) is -1.58. The predicted octanol–water partition coefficient (Wildman–Crippen LogP) is 5.98. The fourth-order valence-electron chi connectivity index (χ4n) is 5.75. The lowest BCUT2D eigenvalue weighted by atomic mass is 9.77. The van der Waals surface area contributed by atoms with Crippen molar-refractivity contribution in [1.82, 2.24) is 15.2 Å². The van der Waals surface area contributed by atoms with E-state index < -0.39 is 17.4 Å². The van der Waals surface area contributed by atoms with E-state index in [9.17, 15) is 19.5 Å². The van der Waals surface area contributed by atoms with E-state index in [-0.39, 0.29) is 22.7 Å². The van der Waals surface area contributed by atoms with E-state index in [0.29, 0.717) is 38.7 Å². The number of alkyl halides is 1. The fourth-order valence-corrected chi connectivity index (χ4v) is 8.14. The zero-order valence-electron chi connectivity index (χ0n) is 25.6. The predicted molar refractivity (Wildman–Crippen MR) is 196 cm³/mol. The molecule has 0 unspecified atom stereocenters. The van der Waals surface area contributed by atoms with Crippen LogP contribution in [0, 0.1) is 0 Å². The van der Waals surface area contributed by atoms with E-state index in [4.69, 9.17) is 9.82 Å². The summed E-state index contributed by atoms with van der Waals surface area (Å²) in [4.78, 5) is 49.2. The zero-order chi connectivity index (χ0) is 33.7. The molecule has 48 heavy (non-hydrogen) atoms. The van der Waals surface area contributed by atoms with E-state index in [1.807, 2.05) is 54.6 Å². The van der Waals surface area contributed by atoms with Gasteiger partial charge in [-0.1, -0.05) is 119 Å². The van der Waals surface area contributed by atoms with Crippen LogP contribution in [-0.2, 0) is 24.8 Å². The average Bonchev–Trinajstić information content (AvgIpc) is 3.58. The monoisotopic (exact) mass is 791 g/mol. The molecule has 1 fully saturated rings. The third kappa shape index (κ3) is 6.62. The number of carboxylic acid groups (broad SMARTS) is 1. The maximum absolute atomic E-state index is 13.7. The first-order valence-electron chi connectivity index (χ1n) is 14.9. The summed E-state index contributed by atoms with van der Waals surface area (Å²) in [5.41, 5.74) is 3.29. The molecule has 10 nitrogen and oxygen atoms in total. The van der Waals surface area contributed by atoms with Crippen molar-refractivity contribution in [3.8, 4) is 0 Å². The van der Waals surface area contributed by atoms with Gasteiger partial charge in [0.25, 0.3) is 5.91 Å². The fraction of sp³-hybridized carbons (Fsp3) is 0.171. The van der Waals surface area contributed by atoms with Crippen LogP contribution in [0.1, 0.15) is 28.8 Å². The molecule has 13 heteroatoms. The van der Waals surface area contributed by atoms with Crippen LogP contribution < -0.4 is 10.6 Å². The number of rotatable bonds is 12. The van der Waals surface area contributed by atoms with Crippen molar-refractivity contribution < 1.29 is 24.3 Å². The molecule has 3 N–H and O–H groups in total. The Morgan fingerprint density at radius 2 is 1.62 bits per heavy atom. The van der Waals surface area contributed by atoms with Gasteiger partial charge >= 0.3 is 5.97 Å². The maximum Gasteiger partial charge on any atom is 0.352 e. The highest BCUT2D eigenvalue weighted by Crippen LogP contribution is 2.42. The number of fused-ring (bicyclic) bond motifs is 1. The Labute approximate surface area is 299 Å². The Bertz CT molecular complexity index is 1820. The lowest BCUT2D eigenvalue weighted by Gasteiger charge is -2.43. The number of anilines is 1. The topological polar surface area (TPSA) is 133 Å². The molecule has 0 bridgehead atoms. The molecule has 3 heterocycles. The molecule has 0 aliphatic carbocycles. The summed E-state index contributed by atoms with van der Waals surface area (Å²) in [7, 11) is 1.35. The first-order chi connectivity index (χ1) is 23.3. The first-order valence-corrected chi connectivity index (χ1v) is 18.3. The second kappa shape index (κ2) is 14.7. The van der Waals surface area contributed by atoms with E-state index in [1.165, 1.54) is 35.1 Å². The van der Waals surface area contributed by atoms with Gasteiger partial charge in [-0.3, -0.25) is 14.5 Å². The van der Waals surface area contributed by atoms with E-state index in [2.05, 4.69) is 74.8 Å². The summed E-state index contributed by atoms with van der Waals surface area (Å²) in [5, 5.41) is 22.6. The highest BCUT2D eigenvalue weighted by molar-refractivity contribution is 14.1. The average molecular weight is 792 g/mol. The number of nitrogens with one attached hydrogen (secondary N) is 2. The lowest BCUT2D eigenvalue weighted by molar-refractivity contribution is -0.146. The van der Waals surface area contributed by atoms with Gasteiger partial charge in [0.15, 0.2) is 10.8 Å². The zero-order valence-corrected chi connectivity index (χ0v) is 29.4. The van der Waals surface area contributed by atoms with Gasteiger partial charge in [-0.2, -0.15) is 0 Å². The van der Waals surface area contributed by atoms with Crippen molar-refractivity contribution in [2.45, 2.75) is 17.3 Å². The highest BCUT2D eigenvalue weighted by Gasteiger charge is 2.45. The third-order valence-electron chi connectivity index (χ3n) is 7.91. The summed E-state index contributed by atoms with van der Waals surface area (Å²) < 4.78 is 0.361. The standard InChI is InChI=1S/C35H30IN5O5S2/c1-46-40-30(32(43)37-26(19-36)17-22-20-47-29-18-28(42)41(29)31(22)33(44)45)27-21-48-34(38-27)39-35(23-11-5-2-6-12-23,24-13-7-3-8-14-24)25-15-9-4-10-16-25/h2-17,21,29H,18-20H2,1H3,(H,37,43)(H,38,39)(H,44,45)/b26-17+,40-30-/t29-/m1/s1. The second-order valence-electron chi connectivity index (χ2n) is 10.8. The van der Waals surface area contributed by atoms with Crippen LogP contribution in [0.25, 0.3) is 0 Å². The Morgan fingerprint density at radius 3 is 2.12 bits per heavy atom. The number of oxime groups is 1. The molecule has 1 atom stereocenters. The van der Waals surface area contributed by atoms with E-state index >= 15 is 0 Å². The number of nitrogens with zero attached hydrogens (tertiary/aromatic N) is 3. The third-order valence-corrected chi connectivity index (χ3v) is 10.7. The number of benzene rings is 3. The quantitative estimate of drug-likeness (QED) is 0.0399. The van der Waals surface area contributed by atoms with Crippen molar-refractivity contribution in [3.05, 3.63) is 142 Å². The molecule has 244 valence electrons. The van der Waals surface area contributed by atoms with Crippen molar-refractivity contribution in [2.24, 2.45) is 5.16 Å². The number of β-lactam (4-membered cyclic amide) rings is 1. The molecule has 2 aliphatic rings. The van der Waals surface area contributed by atoms with Gasteiger partial charge in [0, 0.05) is 21.3 Å². The van der Waals surface area contributed by atoms with Gasteiger partial charge in [0.05, 0.1) is 11.8 Å². The Balaban J connectivity index is 1.33. The number of carboxylic acids is 1. The number of aliphatic carboxylic acids is 1. The Hall–Kier alpha value is -4.47. The number of aromatic nitrogens is 1. The number of amides is 2. The van der Waals surface area contributed by atoms with Crippen molar-refractivity contribution in [2.75, 3.05) is 22.6 Å². The smallest absolute Gasteiger partial charge is 0.352 e. The minimum absolute atomic E-state index is 0.0497. The molecule has 3 aromatic carbocycles. The summed E-state index contributed by atoms with van der Waals surface area (Å²) in [6.45, 7) is 0. The van der Waals surface area contributed by atoms with Crippen LogP contribution in [-0.4, -0.2) is 61.1 Å². The van der Waals surface area contributed by atoms with Gasteiger partial charge < -0.3 is 20.6 Å². The summed E-state index contributed by atoms with van der Waals surface area (Å²) in [6, 6.07) is 30.3. The first kappa shape index (κ1) is 33.4. The SMILES string of the molecule is CO/N=C(\C(=O)N/C(=C/C1=C(C(=O)O)N2C(=O)C[C@H]2SC1)CI)c1csc(NC(c2ccccc2)(c2ccccc2)c2ccccc2)n1. The van der Waals surface area contributed by atoms with E-state index in [1.54, 1.807) is 11.5 Å². The number of hydrogen-bond acceptors (Lipinski definition) is 9. The van der Waals surface area contributed by atoms with Crippen molar-refractivity contribution >= 4 is 74.3 Å². The highest BCUT2D eigenvalue weighted by atomic mass is 127. The van der Waals surface area contributed by atoms with Gasteiger partial charge in [0.1, 0.15) is 24.0 Å². The Kier molecular flexibility index (Phi) is 10.3. The second-order valence-corrected chi connectivity index (χ2v) is 13.6. The molecule has 0 spiro atoms. The molecular formula is C35H30IN5O5S2. The summed E-state index contributed by atoms with van der Waals surface area (Å²) in [6.07, 6.45) is 1.94. The maximum atomic E-state index is 13.7.